The predicted octanol–water partition coefficient (Wildman–Crippen LogP) is 3.67. The van der Waals surface area contributed by atoms with Crippen LogP contribution in [0.15, 0.2) is 53.4 Å². The molecular weight excluding hydrogens is 261 g/mol. The van der Waals surface area contributed by atoms with Gasteiger partial charge in [-0.25, -0.2) is 4.39 Å². The van der Waals surface area contributed by atoms with E-state index in [0.29, 0.717) is 6.41 Å². The minimum Gasteiger partial charge on any atom is -0.342 e. The van der Waals surface area contributed by atoms with E-state index in [1.165, 1.54) is 29.5 Å². The van der Waals surface area contributed by atoms with Gasteiger partial charge in [0, 0.05) is 4.90 Å². The Kier molecular flexibility index (Phi) is 4.58. The number of amides is 1. The highest BCUT2D eigenvalue weighted by Gasteiger charge is 2.12. The van der Waals surface area contributed by atoms with Gasteiger partial charge in [0.05, 0.1) is 0 Å². The molecule has 4 heteroatoms. The SMILES string of the molecule is Cc1ccc(S[C@@H](NC=O)c2ccc(F)cc2)cc1. The minimum absolute atomic E-state index is 0.221. The number of nitrogens with one attached hydrogen (secondary N) is 1. The van der Waals surface area contributed by atoms with E-state index in [1.807, 2.05) is 31.2 Å². The van der Waals surface area contributed by atoms with Gasteiger partial charge in [-0.1, -0.05) is 41.6 Å². The van der Waals surface area contributed by atoms with Gasteiger partial charge in [-0.2, -0.15) is 0 Å². The summed E-state index contributed by atoms with van der Waals surface area (Å²) < 4.78 is 12.9. The van der Waals surface area contributed by atoms with Crippen molar-refractivity contribution in [2.75, 3.05) is 0 Å². The first-order valence-electron chi connectivity index (χ1n) is 5.87. The highest BCUT2D eigenvalue weighted by Crippen LogP contribution is 2.32. The van der Waals surface area contributed by atoms with Gasteiger partial charge in [0.25, 0.3) is 0 Å². The van der Waals surface area contributed by atoms with Gasteiger partial charge in [0.15, 0.2) is 0 Å². The molecule has 19 heavy (non-hydrogen) atoms. The number of benzene rings is 2. The molecule has 0 aliphatic carbocycles. The molecule has 0 bridgehead atoms. The maximum atomic E-state index is 12.9. The Balaban J connectivity index is 2.18. The summed E-state index contributed by atoms with van der Waals surface area (Å²) in [7, 11) is 0. The molecule has 2 rings (SSSR count). The number of thioether (sulfide) groups is 1. The molecule has 2 nitrogen and oxygen atoms in total. The number of hydrogen-bond acceptors (Lipinski definition) is 2. The lowest BCUT2D eigenvalue weighted by Crippen LogP contribution is -2.16. The van der Waals surface area contributed by atoms with Gasteiger partial charge >= 0.3 is 0 Å². The Morgan fingerprint density at radius 2 is 1.74 bits per heavy atom. The molecule has 2 aromatic carbocycles. The summed E-state index contributed by atoms with van der Waals surface area (Å²) in [4.78, 5) is 11.8. The van der Waals surface area contributed by atoms with Crippen molar-refractivity contribution >= 4 is 18.2 Å². The maximum absolute atomic E-state index is 12.9. The first kappa shape index (κ1) is 13.6. The van der Waals surface area contributed by atoms with Crippen LogP contribution in [0.2, 0.25) is 0 Å². The summed E-state index contributed by atoms with van der Waals surface area (Å²) in [6, 6.07) is 14.2. The van der Waals surface area contributed by atoms with Crippen LogP contribution >= 0.6 is 11.8 Å². The molecule has 1 amide bonds. The Morgan fingerprint density at radius 3 is 2.32 bits per heavy atom. The van der Waals surface area contributed by atoms with Gasteiger partial charge in [-0.05, 0) is 36.8 Å². The van der Waals surface area contributed by atoms with E-state index < -0.39 is 0 Å². The maximum Gasteiger partial charge on any atom is 0.208 e. The Morgan fingerprint density at radius 1 is 1.11 bits per heavy atom. The summed E-state index contributed by atoms with van der Waals surface area (Å²) in [6.07, 6.45) is 0.662. The van der Waals surface area contributed by atoms with E-state index in [-0.39, 0.29) is 11.2 Å². The third-order valence-electron chi connectivity index (χ3n) is 2.67. The van der Waals surface area contributed by atoms with Crippen LogP contribution in [-0.4, -0.2) is 6.41 Å². The van der Waals surface area contributed by atoms with Gasteiger partial charge in [-0.15, -0.1) is 0 Å². The number of carbonyl (C=O) groups excluding carboxylic acids is 1. The second kappa shape index (κ2) is 6.38. The quantitative estimate of drug-likeness (QED) is 0.512. The van der Waals surface area contributed by atoms with Crippen LogP contribution in [0.5, 0.6) is 0 Å². The second-order valence-electron chi connectivity index (χ2n) is 4.15. The van der Waals surface area contributed by atoms with Gasteiger partial charge in [0.1, 0.15) is 11.2 Å². The van der Waals surface area contributed by atoms with Crippen LogP contribution in [0.25, 0.3) is 0 Å². The summed E-state index contributed by atoms with van der Waals surface area (Å²) in [6.45, 7) is 2.02. The average Bonchev–Trinajstić information content (AvgIpc) is 2.42. The Bertz CT molecular complexity index is 539. The lowest BCUT2D eigenvalue weighted by atomic mass is 10.2. The zero-order valence-electron chi connectivity index (χ0n) is 10.5. The van der Waals surface area contributed by atoms with Crippen LogP contribution in [0, 0.1) is 12.7 Å². The van der Waals surface area contributed by atoms with E-state index in [1.54, 1.807) is 12.1 Å². The molecule has 0 fully saturated rings. The highest BCUT2D eigenvalue weighted by atomic mass is 32.2. The average molecular weight is 275 g/mol. The number of carbonyl (C=O) groups is 1. The van der Waals surface area contributed by atoms with Crippen molar-refractivity contribution in [3.63, 3.8) is 0 Å². The van der Waals surface area contributed by atoms with Crippen molar-refractivity contribution in [1.29, 1.82) is 0 Å². The Labute approximate surface area is 116 Å². The number of aryl methyl sites for hydroxylation is 1. The first-order valence-corrected chi connectivity index (χ1v) is 6.75. The molecule has 0 aliphatic heterocycles. The van der Waals surface area contributed by atoms with Crippen LogP contribution in [0.4, 0.5) is 4.39 Å². The molecule has 0 heterocycles. The second-order valence-corrected chi connectivity index (χ2v) is 5.33. The van der Waals surface area contributed by atoms with E-state index in [0.717, 1.165) is 10.5 Å². The fourth-order valence-electron chi connectivity index (χ4n) is 1.65. The molecule has 0 saturated heterocycles. The number of halogens is 1. The summed E-state index contributed by atoms with van der Waals surface area (Å²) >= 11 is 1.52. The molecule has 0 spiro atoms. The molecule has 2 aromatic rings. The third kappa shape index (κ3) is 3.83. The number of rotatable bonds is 5. The largest absolute Gasteiger partial charge is 0.342 e. The Hall–Kier alpha value is -1.81. The van der Waals surface area contributed by atoms with E-state index in [9.17, 15) is 9.18 Å². The van der Waals surface area contributed by atoms with E-state index in [2.05, 4.69) is 5.32 Å². The highest BCUT2D eigenvalue weighted by molar-refractivity contribution is 7.99. The molecule has 0 radical (unpaired) electrons. The fourth-order valence-corrected chi connectivity index (χ4v) is 2.63. The van der Waals surface area contributed by atoms with E-state index in [4.69, 9.17) is 0 Å². The normalized spacial score (nSPS) is 11.9. The monoisotopic (exact) mass is 275 g/mol. The summed E-state index contributed by atoms with van der Waals surface area (Å²) in [5.41, 5.74) is 2.05. The van der Waals surface area contributed by atoms with Crippen molar-refractivity contribution in [3.8, 4) is 0 Å². The molecular formula is C15H14FNOS. The van der Waals surface area contributed by atoms with Gasteiger partial charge < -0.3 is 5.32 Å². The van der Waals surface area contributed by atoms with Crippen LogP contribution < -0.4 is 5.32 Å². The lowest BCUT2D eigenvalue weighted by Gasteiger charge is -2.16. The molecule has 0 saturated carbocycles. The standard InChI is InChI=1S/C15H14FNOS/c1-11-2-8-14(9-3-11)19-15(17-10-18)12-4-6-13(16)7-5-12/h2-10,15H,1H3,(H,17,18)/t15-/m1/s1. The van der Waals surface area contributed by atoms with E-state index >= 15 is 0 Å². The zero-order valence-corrected chi connectivity index (χ0v) is 11.3. The van der Waals surface area contributed by atoms with Gasteiger partial charge in [-0.3, -0.25) is 4.79 Å². The molecule has 1 atom stereocenters. The number of hydrogen-bond donors (Lipinski definition) is 1. The first-order chi connectivity index (χ1) is 9.19. The van der Waals surface area contributed by atoms with Crippen LogP contribution in [0.3, 0.4) is 0 Å². The summed E-state index contributed by atoms with van der Waals surface area (Å²) in [5.74, 6) is -0.283. The third-order valence-corrected chi connectivity index (χ3v) is 3.86. The minimum atomic E-state index is -0.283. The van der Waals surface area contributed by atoms with Gasteiger partial charge in [0.2, 0.25) is 6.41 Å². The van der Waals surface area contributed by atoms with Crippen molar-refractivity contribution in [3.05, 3.63) is 65.5 Å². The van der Waals surface area contributed by atoms with Crippen molar-refractivity contribution in [2.24, 2.45) is 0 Å². The molecule has 1 N–H and O–H groups in total. The fraction of sp³-hybridized carbons (Fsp3) is 0.133. The molecule has 0 aliphatic rings. The lowest BCUT2D eigenvalue weighted by molar-refractivity contribution is -0.109. The smallest absolute Gasteiger partial charge is 0.208 e. The molecule has 0 aromatic heterocycles. The predicted molar refractivity (Wildman–Crippen MR) is 75.4 cm³/mol. The van der Waals surface area contributed by atoms with Crippen molar-refractivity contribution in [1.82, 2.24) is 5.32 Å². The zero-order chi connectivity index (χ0) is 13.7. The molecule has 0 unspecified atom stereocenters. The van der Waals surface area contributed by atoms with Crippen LogP contribution in [-0.2, 0) is 4.79 Å². The van der Waals surface area contributed by atoms with Crippen molar-refractivity contribution in [2.45, 2.75) is 17.2 Å². The van der Waals surface area contributed by atoms with Crippen LogP contribution in [0.1, 0.15) is 16.5 Å². The topological polar surface area (TPSA) is 29.1 Å². The molecule has 98 valence electrons. The van der Waals surface area contributed by atoms with Crippen molar-refractivity contribution < 1.29 is 9.18 Å². The summed E-state index contributed by atoms with van der Waals surface area (Å²) in [5, 5.41) is 2.52.